The van der Waals surface area contributed by atoms with Crippen LogP contribution in [0, 0.1) is 15.9 Å². The Bertz CT molecular complexity index is 1040. The van der Waals surface area contributed by atoms with Gasteiger partial charge in [-0.3, -0.25) is 14.9 Å². The highest BCUT2D eigenvalue weighted by Crippen LogP contribution is 2.27. The van der Waals surface area contributed by atoms with Crippen molar-refractivity contribution in [3.63, 3.8) is 0 Å². The van der Waals surface area contributed by atoms with Crippen LogP contribution in [-0.2, 0) is 10.3 Å². The predicted molar refractivity (Wildman–Crippen MR) is 98.6 cm³/mol. The van der Waals surface area contributed by atoms with Gasteiger partial charge in [0, 0.05) is 10.5 Å². The number of aromatic nitrogens is 2. The Labute approximate surface area is 154 Å². The Morgan fingerprint density at radius 1 is 1.22 bits per heavy atom. The number of nitrogens with one attached hydrogen (secondary N) is 1. The summed E-state index contributed by atoms with van der Waals surface area (Å²) in [7, 11) is 0. The number of aromatic amines is 1. The molecule has 0 aliphatic carbocycles. The van der Waals surface area contributed by atoms with E-state index in [1.807, 2.05) is 26.0 Å². The number of halogens is 1. The SMILES string of the molecule is CC(C)(OCC[N+](=O)[O-])c1ccc(-c2nc3ccc(F)cc3c(=O)[nH]2)cc1. The Hall–Kier alpha value is -3.13. The molecule has 0 atom stereocenters. The molecule has 1 heterocycles. The molecule has 3 aromatic rings. The van der Waals surface area contributed by atoms with E-state index < -0.39 is 21.9 Å². The zero-order chi connectivity index (χ0) is 19.6. The number of ether oxygens (including phenoxy) is 1. The number of benzene rings is 2. The number of fused-ring (bicyclic) bond motifs is 1. The van der Waals surface area contributed by atoms with E-state index in [4.69, 9.17) is 4.74 Å². The van der Waals surface area contributed by atoms with Crippen LogP contribution in [0.1, 0.15) is 19.4 Å². The van der Waals surface area contributed by atoms with Crippen molar-refractivity contribution >= 4 is 10.9 Å². The Balaban J connectivity index is 1.87. The van der Waals surface area contributed by atoms with Gasteiger partial charge >= 0.3 is 0 Å². The van der Waals surface area contributed by atoms with E-state index in [0.29, 0.717) is 16.9 Å². The van der Waals surface area contributed by atoms with Gasteiger partial charge in [0.1, 0.15) is 18.2 Å². The summed E-state index contributed by atoms with van der Waals surface area (Å²) >= 11 is 0. The number of nitrogens with zero attached hydrogens (tertiary/aromatic N) is 2. The average Bonchev–Trinajstić information content (AvgIpc) is 2.62. The van der Waals surface area contributed by atoms with E-state index in [9.17, 15) is 19.3 Å². The third-order valence-corrected chi connectivity index (χ3v) is 4.26. The smallest absolute Gasteiger partial charge is 0.259 e. The van der Waals surface area contributed by atoms with Crippen molar-refractivity contribution in [2.45, 2.75) is 19.4 Å². The van der Waals surface area contributed by atoms with Crippen molar-refractivity contribution in [3.8, 4) is 11.4 Å². The van der Waals surface area contributed by atoms with E-state index in [1.54, 1.807) is 12.1 Å². The number of nitro groups is 1. The van der Waals surface area contributed by atoms with Crippen LogP contribution in [0.2, 0.25) is 0 Å². The molecule has 3 rings (SSSR count). The number of H-pyrrole nitrogens is 1. The first-order chi connectivity index (χ1) is 12.8. The summed E-state index contributed by atoms with van der Waals surface area (Å²) in [5.41, 5.74) is 0.809. The van der Waals surface area contributed by atoms with Crippen molar-refractivity contribution in [1.29, 1.82) is 0 Å². The number of rotatable bonds is 6. The molecule has 1 aromatic heterocycles. The molecule has 0 bridgehead atoms. The molecule has 0 fully saturated rings. The van der Waals surface area contributed by atoms with Crippen LogP contribution in [0.3, 0.4) is 0 Å². The molecule has 8 heteroatoms. The van der Waals surface area contributed by atoms with E-state index in [2.05, 4.69) is 9.97 Å². The lowest BCUT2D eigenvalue weighted by Crippen LogP contribution is -2.24. The van der Waals surface area contributed by atoms with Gasteiger partial charge in [0.25, 0.3) is 5.56 Å². The maximum Gasteiger partial charge on any atom is 0.259 e. The fourth-order valence-electron chi connectivity index (χ4n) is 2.74. The molecule has 0 saturated carbocycles. The molecule has 0 aliphatic heterocycles. The second-order valence-electron chi connectivity index (χ2n) is 6.57. The minimum atomic E-state index is -0.698. The van der Waals surface area contributed by atoms with Gasteiger partial charge in [-0.2, -0.15) is 0 Å². The summed E-state index contributed by atoms with van der Waals surface area (Å²) < 4.78 is 18.9. The Morgan fingerprint density at radius 2 is 1.93 bits per heavy atom. The van der Waals surface area contributed by atoms with E-state index in [-0.39, 0.29) is 18.5 Å². The topological polar surface area (TPSA) is 98.1 Å². The molecule has 0 unspecified atom stereocenters. The minimum Gasteiger partial charge on any atom is -0.364 e. The average molecular weight is 371 g/mol. The molecule has 27 heavy (non-hydrogen) atoms. The zero-order valence-corrected chi connectivity index (χ0v) is 14.9. The Kier molecular flexibility index (Phi) is 5.00. The van der Waals surface area contributed by atoms with Crippen LogP contribution in [0.4, 0.5) is 4.39 Å². The normalized spacial score (nSPS) is 11.7. The number of hydrogen-bond donors (Lipinski definition) is 1. The molecular weight excluding hydrogens is 353 g/mol. The molecule has 7 nitrogen and oxygen atoms in total. The van der Waals surface area contributed by atoms with Crippen molar-refractivity contribution in [2.24, 2.45) is 0 Å². The number of hydrogen-bond acceptors (Lipinski definition) is 5. The summed E-state index contributed by atoms with van der Waals surface area (Å²) in [6, 6.07) is 11.1. The largest absolute Gasteiger partial charge is 0.364 e. The van der Waals surface area contributed by atoms with Crippen LogP contribution in [0.5, 0.6) is 0 Å². The van der Waals surface area contributed by atoms with Crippen molar-refractivity contribution in [3.05, 3.63) is 74.3 Å². The molecule has 0 radical (unpaired) electrons. The van der Waals surface area contributed by atoms with Crippen LogP contribution in [-0.4, -0.2) is 28.0 Å². The van der Waals surface area contributed by atoms with E-state index in [1.165, 1.54) is 12.1 Å². The zero-order valence-electron chi connectivity index (χ0n) is 14.9. The van der Waals surface area contributed by atoms with Gasteiger partial charge in [-0.25, -0.2) is 9.37 Å². The molecule has 1 N–H and O–H groups in total. The van der Waals surface area contributed by atoms with Gasteiger partial charge in [-0.15, -0.1) is 0 Å². The highest BCUT2D eigenvalue weighted by atomic mass is 19.1. The lowest BCUT2D eigenvalue weighted by Gasteiger charge is -2.25. The van der Waals surface area contributed by atoms with Crippen LogP contribution in [0.25, 0.3) is 22.3 Å². The minimum absolute atomic E-state index is 0.0118. The summed E-state index contributed by atoms with van der Waals surface area (Å²) in [6.07, 6.45) is 0. The summed E-state index contributed by atoms with van der Waals surface area (Å²) in [5, 5.41) is 10.6. The van der Waals surface area contributed by atoms with Crippen LogP contribution < -0.4 is 5.56 Å². The summed E-state index contributed by atoms with van der Waals surface area (Å²) in [5.74, 6) is -0.121. The second kappa shape index (κ2) is 7.24. The highest BCUT2D eigenvalue weighted by molar-refractivity contribution is 5.79. The Morgan fingerprint density at radius 3 is 2.59 bits per heavy atom. The summed E-state index contributed by atoms with van der Waals surface area (Å²) in [4.78, 5) is 29.2. The molecule has 0 amide bonds. The maximum atomic E-state index is 13.3. The van der Waals surface area contributed by atoms with Gasteiger partial charge in [0.05, 0.1) is 16.5 Å². The van der Waals surface area contributed by atoms with Gasteiger partial charge in [-0.1, -0.05) is 24.3 Å². The fourth-order valence-corrected chi connectivity index (χ4v) is 2.74. The molecule has 0 spiro atoms. The molecular formula is C19H18FN3O4. The standard InChI is InChI=1S/C19H18FN3O4/c1-19(2,27-10-9-23(25)26)13-5-3-12(4-6-13)17-21-16-8-7-14(20)11-15(16)18(24)22-17/h3-8,11H,9-10H2,1-2H3,(H,21,22,24). The lowest BCUT2D eigenvalue weighted by atomic mass is 9.96. The maximum absolute atomic E-state index is 13.3. The van der Waals surface area contributed by atoms with Crippen LogP contribution in [0.15, 0.2) is 47.3 Å². The third kappa shape index (κ3) is 4.17. The molecule has 0 aliphatic rings. The van der Waals surface area contributed by atoms with Crippen LogP contribution >= 0.6 is 0 Å². The van der Waals surface area contributed by atoms with Gasteiger partial charge in [0.2, 0.25) is 6.54 Å². The van der Waals surface area contributed by atoms with E-state index in [0.717, 1.165) is 11.6 Å². The quantitative estimate of drug-likeness (QED) is 0.530. The predicted octanol–water partition coefficient (Wildman–Crippen LogP) is 3.26. The first-order valence-electron chi connectivity index (χ1n) is 8.32. The van der Waals surface area contributed by atoms with E-state index >= 15 is 0 Å². The highest BCUT2D eigenvalue weighted by Gasteiger charge is 2.22. The monoisotopic (exact) mass is 371 g/mol. The van der Waals surface area contributed by atoms with Gasteiger partial charge in [-0.05, 0) is 37.6 Å². The molecule has 0 saturated heterocycles. The van der Waals surface area contributed by atoms with Crippen molar-refractivity contribution in [1.82, 2.24) is 9.97 Å². The molecule has 2 aromatic carbocycles. The third-order valence-electron chi connectivity index (χ3n) is 4.26. The van der Waals surface area contributed by atoms with Gasteiger partial charge in [0.15, 0.2) is 0 Å². The fraction of sp³-hybridized carbons (Fsp3) is 0.263. The second-order valence-corrected chi connectivity index (χ2v) is 6.57. The summed E-state index contributed by atoms with van der Waals surface area (Å²) in [6.45, 7) is 3.40. The van der Waals surface area contributed by atoms with Crippen molar-refractivity contribution < 1.29 is 14.1 Å². The lowest BCUT2D eigenvalue weighted by molar-refractivity contribution is -0.485. The first-order valence-corrected chi connectivity index (χ1v) is 8.32. The molecule has 140 valence electrons. The van der Waals surface area contributed by atoms with Crippen molar-refractivity contribution in [2.75, 3.05) is 13.2 Å². The first kappa shape index (κ1) is 18.7. The van der Waals surface area contributed by atoms with Gasteiger partial charge < -0.3 is 9.72 Å².